The second-order valence-corrected chi connectivity index (χ2v) is 12.2. The van der Waals surface area contributed by atoms with Crippen molar-refractivity contribution >= 4 is 0 Å². The fraction of sp³-hybridized carbons (Fsp3) is 0.838. The highest BCUT2D eigenvalue weighted by atomic mass is 16.3. The minimum absolute atomic E-state index is 0.564. The molecule has 1 aromatic carbocycles. The van der Waals surface area contributed by atoms with Crippen LogP contribution in [0.1, 0.15) is 198 Å². The van der Waals surface area contributed by atoms with Crippen LogP contribution >= 0.6 is 0 Å². The van der Waals surface area contributed by atoms with Crippen molar-refractivity contribution < 1.29 is 5.11 Å². The standard InChI is InChI=1S/C37H68O/c1-4-7-10-13-15-17-19-21-24-26-29-34-32-33-37(38)36(31-28-23-12-9-6-3)35(34)30-27-25-22-20-18-16-14-11-8-5-2/h32-33,38H,4-31H2,1-3H3. The van der Waals surface area contributed by atoms with Crippen LogP contribution in [0.25, 0.3) is 0 Å². The Morgan fingerprint density at radius 2 is 0.684 bits per heavy atom. The Morgan fingerprint density at radius 1 is 0.368 bits per heavy atom. The van der Waals surface area contributed by atoms with E-state index in [2.05, 4.69) is 26.8 Å². The molecule has 1 heteroatoms. The summed E-state index contributed by atoms with van der Waals surface area (Å²) in [6, 6.07) is 4.27. The number of phenols is 1. The molecule has 0 radical (unpaired) electrons. The molecule has 0 aromatic heterocycles. The van der Waals surface area contributed by atoms with Gasteiger partial charge in [-0.2, -0.15) is 0 Å². The second-order valence-electron chi connectivity index (χ2n) is 12.2. The van der Waals surface area contributed by atoms with Gasteiger partial charge in [-0.25, -0.2) is 0 Å². The number of unbranched alkanes of at least 4 members (excludes halogenated alkanes) is 22. The molecule has 0 spiro atoms. The maximum atomic E-state index is 10.8. The van der Waals surface area contributed by atoms with Crippen LogP contribution in [0.5, 0.6) is 5.75 Å². The number of hydrogen-bond donors (Lipinski definition) is 1. The van der Waals surface area contributed by atoms with E-state index in [1.807, 2.05) is 6.07 Å². The topological polar surface area (TPSA) is 20.2 Å². The Bertz CT molecular complexity index is 634. The molecule has 0 amide bonds. The molecule has 1 nitrogen and oxygen atoms in total. The average molecular weight is 529 g/mol. The Kier molecular flexibility index (Phi) is 24.2. The summed E-state index contributed by atoms with van der Waals surface area (Å²) in [6.45, 7) is 6.88. The SMILES string of the molecule is CCCCCCCCCCCCc1ccc(O)c(CCCCCCC)c1CCCCCCCCCCCC. The zero-order valence-corrected chi connectivity index (χ0v) is 26.4. The fourth-order valence-corrected chi connectivity index (χ4v) is 6.05. The van der Waals surface area contributed by atoms with Crippen LogP contribution in [-0.2, 0) is 19.3 Å². The third kappa shape index (κ3) is 18.3. The van der Waals surface area contributed by atoms with Crippen molar-refractivity contribution in [1.29, 1.82) is 0 Å². The quantitative estimate of drug-likeness (QED) is 0.107. The molecule has 0 bridgehead atoms. The van der Waals surface area contributed by atoms with E-state index in [0.29, 0.717) is 5.75 Å². The van der Waals surface area contributed by atoms with Gasteiger partial charge in [0.25, 0.3) is 0 Å². The van der Waals surface area contributed by atoms with Gasteiger partial charge in [0.05, 0.1) is 0 Å². The van der Waals surface area contributed by atoms with E-state index >= 15 is 0 Å². The van der Waals surface area contributed by atoms with E-state index in [-0.39, 0.29) is 0 Å². The first-order chi connectivity index (χ1) is 18.7. The first-order valence-corrected chi connectivity index (χ1v) is 17.6. The van der Waals surface area contributed by atoms with Crippen LogP contribution in [0, 0.1) is 0 Å². The Hall–Kier alpha value is -0.980. The fourth-order valence-electron chi connectivity index (χ4n) is 6.05. The molecule has 0 aliphatic carbocycles. The average Bonchev–Trinajstić information content (AvgIpc) is 2.92. The molecule has 1 aromatic rings. The number of hydrogen-bond acceptors (Lipinski definition) is 1. The van der Waals surface area contributed by atoms with Crippen molar-refractivity contribution in [2.45, 2.75) is 201 Å². The lowest BCUT2D eigenvalue weighted by Crippen LogP contribution is -2.03. The van der Waals surface area contributed by atoms with Crippen LogP contribution in [-0.4, -0.2) is 5.11 Å². The lowest BCUT2D eigenvalue weighted by Gasteiger charge is -2.17. The lowest BCUT2D eigenvalue weighted by atomic mass is 9.89. The van der Waals surface area contributed by atoms with E-state index in [1.165, 1.54) is 184 Å². The number of phenolic OH excluding ortho intramolecular Hbond substituents is 1. The maximum absolute atomic E-state index is 10.8. The van der Waals surface area contributed by atoms with Gasteiger partial charge >= 0.3 is 0 Å². The van der Waals surface area contributed by atoms with E-state index in [9.17, 15) is 5.11 Å². The summed E-state index contributed by atoms with van der Waals surface area (Å²) >= 11 is 0. The third-order valence-corrected chi connectivity index (χ3v) is 8.61. The van der Waals surface area contributed by atoms with Crippen molar-refractivity contribution in [1.82, 2.24) is 0 Å². The summed E-state index contributed by atoms with van der Waals surface area (Å²) in [5.74, 6) is 0.564. The normalized spacial score (nSPS) is 11.4. The van der Waals surface area contributed by atoms with Crippen LogP contribution < -0.4 is 0 Å². The highest BCUT2D eigenvalue weighted by Crippen LogP contribution is 2.30. The number of rotatable bonds is 28. The van der Waals surface area contributed by atoms with Crippen molar-refractivity contribution in [2.75, 3.05) is 0 Å². The van der Waals surface area contributed by atoms with Gasteiger partial charge in [0, 0.05) is 0 Å². The minimum atomic E-state index is 0.564. The van der Waals surface area contributed by atoms with Crippen LogP contribution in [0.2, 0.25) is 0 Å². The predicted octanol–water partition coefficient (Wildman–Crippen LogP) is 12.8. The summed E-state index contributed by atoms with van der Waals surface area (Å²) in [5.41, 5.74) is 4.36. The largest absolute Gasteiger partial charge is 0.508 e. The highest BCUT2D eigenvalue weighted by molar-refractivity contribution is 5.45. The Labute approximate surface area is 240 Å². The first-order valence-electron chi connectivity index (χ1n) is 17.6. The Morgan fingerprint density at radius 3 is 1.08 bits per heavy atom. The molecular formula is C37H68O. The molecule has 0 heterocycles. The van der Waals surface area contributed by atoms with Gasteiger partial charge in [-0.3, -0.25) is 0 Å². The molecule has 0 unspecified atom stereocenters. The molecule has 38 heavy (non-hydrogen) atoms. The van der Waals surface area contributed by atoms with E-state index in [0.717, 1.165) is 6.42 Å². The third-order valence-electron chi connectivity index (χ3n) is 8.61. The predicted molar refractivity (Wildman–Crippen MR) is 172 cm³/mol. The summed E-state index contributed by atoms with van der Waals surface area (Å²) in [4.78, 5) is 0. The van der Waals surface area contributed by atoms with Gasteiger partial charge in [-0.15, -0.1) is 0 Å². The van der Waals surface area contributed by atoms with Gasteiger partial charge in [0.15, 0.2) is 0 Å². The first kappa shape index (κ1) is 35.0. The van der Waals surface area contributed by atoms with Crippen molar-refractivity contribution in [3.8, 4) is 5.75 Å². The molecule has 1 rings (SSSR count). The molecule has 0 atom stereocenters. The monoisotopic (exact) mass is 529 g/mol. The van der Waals surface area contributed by atoms with Crippen molar-refractivity contribution in [3.05, 3.63) is 28.8 Å². The van der Waals surface area contributed by atoms with E-state index in [4.69, 9.17) is 0 Å². The van der Waals surface area contributed by atoms with E-state index < -0.39 is 0 Å². The van der Waals surface area contributed by atoms with Gasteiger partial charge in [0.1, 0.15) is 5.75 Å². The summed E-state index contributed by atoms with van der Waals surface area (Å²) in [7, 11) is 0. The molecule has 0 aliphatic heterocycles. The number of aryl methyl sites for hydroxylation is 1. The molecule has 0 fully saturated rings. The lowest BCUT2D eigenvalue weighted by molar-refractivity contribution is 0.463. The second kappa shape index (κ2) is 26.3. The van der Waals surface area contributed by atoms with Crippen molar-refractivity contribution in [3.63, 3.8) is 0 Å². The summed E-state index contributed by atoms with van der Waals surface area (Å²) in [6.07, 6.45) is 37.8. The molecular weight excluding hydrogens is 460 g/mol. The number of benzene rings is 1. The summed E-state index contributed by atoms with van der Waals surface area (Å²) in [5, 5.41) is 10.8. The van der Waals surface area contributed by atoms with Crippen molar-refractivity contribution in [2.24, 2.45) is 0 Å². The van der Waals surface area contributed by atoms with Crippen LogP contribution in [0.15, 0.2) is 12.1 Å². The summed E-state index contributed by atoms with van der Waals surface area (Å²) < 4.78 is 0. The van der Waals surface area contributed by atoms with Gasteiger partial charge in [0.2, 0.25) is 0 Å². The zero-order valence-electron chi connectivity index (χ0n) is 26.4. The smallest absolute Gasteiger partial charge is 0.119 e. The zero-order chi connectivity index (χ0) is 27.5. The molecule has 222 valence electrons. The minimum Gasteiger partial charge on any atom is -0.508 e. The van der Waals surface area contributed by atoms with E-state index in [1.54, 1.807) is 5.56 Å². The van der Waals surface area contributed by atoms with Crippen LogP contribution in [0.4, 0.5) is 0 Å². The van der Waals surface area contributed by atoms with Gasteiger partial charge in [-0.1, -0.05) is 168 Å². The highest BCUT2D eigenvalue weighted by Gasteiger charge is 2.13. The molecule has 0 saturated heterocycles. The number of aromatic hydroxyl groups is 1. The Balaban J connectivity index is 2.49. The molecule has 0 aliphatic rings. The van der Waals surface area contributed by atoms with Gasteiger partial charge in [-0.05, 0) is 61.3 Å². The van der Waals surface area contributed by atoms with Gasteiger partial charge < -0.3 is 5.11 Å². The molecule has 1 N–H and O–H groups in total. The molecule has 0 saturated carbocycles. The maximum Gasteiger partial charge on any atom is 0.119 e. The van der Waals surface area contributed by atoms with Crippen LogP contribution in [0.3, 0.4) is 0 Å².